The molecule has 0 saturated heterocycles. The fraction of sp³-hybridized carbons (Fsp3) is 0.304. The van der Waals surface area contributed by atoms with Crippen LogP contribution in [-0.4, -0.2) is 44.1 Å². The molecule has 1 heterocycles. The summed E-state index contributed by atoms with van der Waals surface area (Å²) in [4.78, 5) is 24.3. The number of thioether (sulfide) groups is 1. The van der Waals surface area contributed by atoms with Gasteiger partial charge in [-0.3, -0.25) is 4.79 Å². The minimum atomic E-state index is -0.369. The van der Waals surface area contributed by atoms with Crippen molar-refractivity contribution in [1.29, 1.82) is 0 Å². The molecule has 0 aliphatic carbocycles. The van der Waals surface area contributed by atoms with Crippen LogP contribution >= 0.6 is 11.8 Å². The normalized spacial score (nSPS) is 10.7. The van der Waals surface area contributed by atoms with Gasteiger partial charge in [0.1, 0.15) is 5.75 Å². The zero-order valence-corrected chi connectivity index (χ0v) is 18.9. The first-order valence-corrected chi connectivity index (χ1v) is 11.4. The third kappa shape index (κ3) is 5.88. The molecule has 8 nitrogen and oxygen atoms in total. The Bertz CT molecular complexity index is 1070. The van der Waals surface area contributed by atoms with Crippen molar-refractivity contribution < 1.29 is 19.4 Å². The van der Waals surface area contributed by atoms with Gasteiger partial charge < -0.3 is 19.7 Å². The van der Waals surface area contributed by atoms with Crippen LogP contribution in [0.1, 0.15) is 37.0 Å². The number of ether oxygens (including phenoxy) is 1. The van der Waals surface area contributed by atoms with Crippen LogP contribution in [0.3, 0.4) is 0 Å². The van der Waals surface area contributed by atoms with Gasteiger partial charge in [0.05, 0.1) is 23.5 Å². The van der Waals surface area contributed by atoms with Gasteiger partial charge >= 0.3 is 5.97 Å². The Hall–Kier alpha value is -3.33. The Morgan fingerprint density at radius 2 is 1.84 bits per heavy atom. The number of hydrogen-bond acceptors (Lipinski definition) is 7. The molecule has 0 aliphatic heterocycles. The number of amides is 1. The molecule has 2 aromatic carbocycles. The van der Waals surface area contributed by atoms with Crippen LogP contribution in [0.5, 0.6) is 5.75 Å². The summed E-state index contributed by atoms with van der Waals surface area (Å²) >= 11 is 1.26. The Morgan fingerprint density at radius 1 is 1.09 bits per heavy atom. The van der Waals surface area contributed by atoms with E-state index in [1.165, 1.54) is 11.8 Å². The zero-order chi connectivity index (χ0) is 22.9. The van der Waals surface area contributed by atoms with Crippen LogP contribution in [0.25, 0.3) is 11.4 Å². The summed E-state index contributed by atoms with van der Waals surface area (Å²) in [5, 5.41) is 21.9. The number of aromatic hydroxyl groups is 1. The first-order chi connectivity index (χ1) is 15.5. The maximum absolute atomic E-state index is 12.4. The number of nitrogens with zero attached hydrogens (tertiary/aromatic N) is 3. The molecule has 0 unspecified atom stereocenters. The van der Waals surface area contributed by atoms with E-state index in [0.29, 0.717) is 40.9 Å². The first kappa shape index (κ1) is 23.3. The lowest BCUT2D eigenvalue weighted by atomic mass is 10.2. The third-order valence-corrected chi connectivity index (χ3v) is 5.61. The van der Waals surface area contributed by atoms with E-state index in [1.807, 2.05) is 24.5 Å². The molecule has 0 radical (unpaired) electrons. The molecule has 168 valence electrons. The van der Waals surface area contributed by atoms with Crippen molar-refractivity contribution in [1.82, 2.24) is 14.8 Å². The van der Waals surface area contributed by atoms with E-state index in [0.717, 1.165) is 12.8 Å². The number of rotatable bonds is 10. The van der Waals surface area contributed by atoms with Crippen LogP contribution in [0.15, 0.2) is 53.7 Å². The number of carbonyl (C=O) groups is 2. The van der Waals surface area contributed by atoms with E-state index in [9.17, 15) is 14.7 Å². The molecule has 0 atom stereocenters. The van der Waals surface area contributed by atoms with Gasteiger partial charge in [-0.1, -0.05) is 37.2 Å². The van der Waals surface area contributed by atoms with E-state index in [1.54, 1.807) is 42.5 Å². The predicted octanol–water partition coefficient (Wildman–Crippen LogP) is 4.36. The number of para-hydroxylation sites is 1. The maximum atomic E-state index is 12.4. The van der Waals surface area contributed by atoms with Crippen molar-refractivity contribution in [2.75, 3.05) is 17.7 Å². The summed E-state index contributed by atoms with van der Waals surface area (Å²) in [6.45, 7) is 4.98. The molecule has 0 bridgehead atoms. The SMILES string of the molecule is CCCCOC(=O)c1ccc(NC(=O)CSc2nnc(-c3ccccc3O)n2CC)cc1. The number of aromatic nitrogens is 3. The number of carbonyl (C=O) groups excluding carboxylic acids is 2. The molecular formula is C23H26N4O4S. The largest absolute Gasteiger partial charge is 0.507 e. The van der Waals surface area contributed by atoms with Gasteiger partial charge in [-0.15, -0.1) is 10.2 Å². The number of phenolic OH excluding ortho intramolecular Hbond substituents is 1. The van der Waals surface area contributed by atoms with Crippen molar-refractivity contribution in [3.8, 4) is 17.1 Å². The van der Waals surface area contributed by atoms with Crippen molar-refractivity contribution in [3.05, 3.63) is 54.1 Å². The fourth-order valence-corrected chi connectivity index (χ4v) is 3.75. The minimum Gasteiger partial charge on any atom is -0.507 e. The second-order valence-corrected chi connectivity index (χ2v) is 7.91. The standard InChI is InChI=1S/C23H26N4O4S/c1-3-5-14-31-22(30)16-10-12-17(13-11-16)24-20(29)15-32-23-26-25-21(27(23)4-2)18-8-6-7-9-19(18)28/h6-13,28H,3-5,14-15H2,1-2H3,(H,24,29). The van der Waals surface area contributed by atoms with Gasteiger partial charge in [0.2, 0.25) is 5.91 Å². The van der Waals surface area contributed by atoms with Gasteiger partial charge in [-0.2, -0.15) is 0 Å². The molecule has 1 aromatic heterocycles. The number of nitrogens with one attached hydrogen (secondary N) is 1. The molecule has 0 spiro atoms. The highest BCUT2D eigenvalue weighted by Gasteiger charge is 2.17. The molecule has 9 heteroatoms. The van der Waals surface area contributed by atoms with Gasteiger partial charge in [-0.05, 0) is 49.7 Å². The summed E-state index contributed by atoms with van der Waals surface area (Å²) in [5.41, 5.74) is 1.63. The zero-order valence-electron chi connectivity index (χ0n) is 18.1. The summed E-state index contributed by atoms with van der Waals surface area (Å²) in [6.07, 6.45) is 1.79. The number of unbranched alkanes of at least 4 members (excludes halogenated alkanes) is 1. The Labute approximate surface area is 191 Å². The van der Waals surface area contributed by atoms with Crippen LogP contribution in [0, 0.1) is 0 Å². The Balaban J connectivity index is 1.57. The van der Waals surface area contributed by atoms with Crippen molar-refractivity contribution >= 4 is 29.3 Å². The van der Waals surface area contributed by atoms with Crippen molar-refractivity contribution in [2.45, 2.75) is 38.4 Å². The first-order valence-electron chi connectivity index (χ1n) is 10.4. The van der Waals surface area contributed by atoms with E-state index >= 15 is 0 Å². The number of esters is 1. The number of phenols is 1. The van der Waals surface area contributed by atoms with Gasteiger partial charge in [0.25, 0.3) is 0 Å². The lowest BCUT2D eigenvalue weighted by Gasteiger charge is -2.09. The highest BCUT2D eigenvalue weighted by atomic mass is 32.2. The molecule has 32 heavy (non-hydrogen) atoms. The number of benzene rings is 2. The number of hydrogen-bond donors (Lipinski definition) is 2. The highest BCUT2D eigenvalue weighted by Crippen LogP contribution is 2.30. The maximum Gasteiger partial charge on any atom is 0.338 e. The van der Waals surface area contributed by atoms with Gasteiger partial charge in [0.15, 0.2) is 11.0 Å². The van der Waals surface area contributed by atoms with E-state index < -0.39 is 0 Å². The quantitative estimate of drug-likeness (QED) is 0.266. The summed E-state index contributed by atoms with van der Waals surface area (Å²) in [6, 6.07) is 13.5. The van der Waals surface area contributed by atoms with Gasteiger partial charge in [-0.25, -0.2) is 4.79 Å². The molecule has 2 N–H and O–H groups in total. The van der Waals surface area contributed by atoms with Crippen LogP contribution in [0.4, 0.5) is 5.69 Å². The topological polar surface area (TPSA) is 106 Å². The second kappa shape index (κ2) is 11.3. The van der Waals surface area contributed by atoms with Crippen LogP contribution < -0.4 is 5.32 Å². The minimum absolute atomic E-state index is 0.126. The smallest absolute Gasteiger partial charge is 0.338 e. The van der Waals surface area contributed by atoms with E-state index in [-0.39, 0.29) is 23.4 Å². The molecule has 3 rings (SSSR count). The summed E-state index contributed by atoms with van der Waals surface area (Å²) in [5.74, 6) is 0.241. The Morgan fingerprint density at radius 3 is 2.53 bits per heavy atom. The summed E-state index contributed by atoms with van der Waals surface area (Å²) in [7, 11) is 0. The van der Waals surface area contributed by atoms with E-state index in [2.05, 4.69) is 15.5 Å². The monoisotopic (exact) mass is 454 g/mol. The highest BCUT2D eigenvalue weighted by molar-refractivity contribution is 7.99. The van der Waals surface area contributed by atoms with Crippen LogP contribution in [-0.2, 0) is 16.1 Å². The predicted molar refractivity (Wildman–Crippen MR) is 124 cm³/mol. The lowest BCUT2D eigenvalue weighted by molar-refractivity contribution is -0.113. The molecular weight excluding hydrogens is 428 g/mol. The molecule has 0 fully saturated rings. The average Bonchev–Trinajstić information content (AvgIpc) is 3.21. The van der Waals surface area contributed by atoms with Crippen molar-refractivity contribution in [2.24, 2.45) is 0 Å². The third-order valence-electron chi connectivity index (χ3n) is 4.65. The van der Waals surface area contributed by atoms with Crippen molar-refractivity contribution in [3.63, 3.8) is 0 Å². The molecule has 3 aromatic rings. The van der Waals surface area contributed by atoms with Crippen LogP contribution in [0.2, 0.25) is 0 Å². The van der Waals surface area contributed by atoms with Gasteiger partial charge in [0, 0.05) is 12.2 Å². The Kier molecular flexibility index (Phi) is 8.27. The number of anilines is 1. The second-order valence-electron chi connectivity index (χ2n) is 6.97. The van der Waals surface area contributed by atoms with E-state index in [4.69, 9.17) is 4.74 Å². The average molecular weight is 455 g/mol. The lowest BCUT2D eigenvalue weighted by Crippen LogP contribution is -2.15. The molecule has 0 aliphatic rings. The summed E-state index contributed by atoms with van der Waals surface area (Å²) < 4.78 is 7.03. The molecule has 0 saturated carbocycles. The molecule has 1 amide bonds. The fourth-order valence-electron chi connectivity index (χ4n) is 2.95.